The van der Waals surface area contributed by atoms with Gasteiger partial charge in [-0.1, -0.05) is 11.2 Å². The van der Waals surface area contributed by atoms with Gasteiger partial charge in [-0.2, -0.15) is 5.26 Å². The van der Waals surface area contributed by atoms with E-state index in [2.05, 4.69) is 4.52 Å². The molecule has 0 saturated carbocycles. The third kappa shape index (κ3) is 9.83. The Hall–Kier alpha value is 0.664. The normalized spacial score (nSPS) is 8.50. The number of nitriles is 1. The molecular formula is C3H5ClNNiOP. The van der Waals surface area contributed by atoms with E-state index in [4.69, 9.17) is 16.5 Å². The Morgan fingerprint density at radius 2 is 2.38 bits per heavy atom. The van der Waals surface area contributed by atoms with Gasteiger partial charge in [-0.3, -0.25) is 0 Å². The van der Waals surface area contributed by atoms with Crippen molar-refractivity contribution in [1.82, 2.24) is 0 Å². The van der Waals surface area contributed by atoms with Crippen LogP contribution in [0.5, 0.6) is 0 Å². The second-order valence-electron chi connectivity index (χ2n) is 0.834. The minimum Gasteiger partial charge on any atom is -0.345 e. The van der Waals surface area contributed by atoms with Crippen LogP contribution in [-0.4, -0.2) is 6.61 Å². The van der Waals surface area contributed by atoms with Crippen LogP contribution in [0.4, 0.5) is 0 Å². The summed E-state index contributed by atoms with van der Waals surface area (Å²) >= 11 is 5.13. The van der Waals surface area contributed by atoms with Crippen molar-refractivity contribution in [3.05, 3.63) is 0 Å². The first-order valence-electron chi connectivity index (χ1n) is 1.76. The fraction of sp³-hybridized carbons (Fsp3) is 0.667. The zero-order valence-corrected chi connectivity index (χ0v) is 6.71. The molecule has 5 heteroatoms. The van der Waals surface area contributed by atoms with Crippen molar-refractivity contribution in [2.24, 2.45) is 0 Å². The standard InChI is InChI=1S/C3H5ClNOP.Ni/c4-7-6-3-1-2-5;/h7H,1,3H2;. The SMILES string of the molecule is N#CCCOPCl.[Ni]. The monoisotopic (exact) mass is 195 g/mol. The third-order valence-electron chi connectivity index (χ3n) is 0.370. The van der Waals surface area contributed by atoms with Crippen LogP contribution in [0.2, 0.25) is 0 Å². The second-order valence-corrected chi connectivity index (χ2v) is 1.74. The van der Waals surface area contributed by atoms with Gasteiger partial charge in [0, 0.05) is 16.5 Å². The largest absolute Gasteiger partial charge is 0.345 e. The quantitative estimate of drug-likeness (QED) is 0.390. The molecular weight excluding hydrogens is 191 g/mol. The molecule has 0 fully saturated rings. The Balaban J connectivity index is 0. The molecule has 0 saturated heterocycles. The van der Waals surface area contributed by atoms with Crippen LogP contribution in [0.1, 0.15) is 6.42 Å². The zero-order valence-electron chi connectivity index (χ0n) is 3.96. The minimum absolute atomic E-state index is 0. The van der Waals surface area contributed by atoms with Gasteiger partial charge in [0.25, 0.3) is 0 Å². The first-order chi connectivity index (χ1) is 3.41. The molecule has 0 aliphatic rings. The number of hydrogen-bond acceptors (Lipinski definition) is 2. The fourth-order valence-corrected chi connectivity index (χ4v) is 0.546. The molecule has 0 aliphatic carbocycles. The van der Waals surface area contributed by atoms with Gasteiger partial charge in [0.1, 0.15) is 8.16 Å². The number of rotatable bonds is 3. The van der Waals surface area contributed by atoms with Crippen LogP contribution in [0.25, 0.3) is 0 Å². The average Bonchev–Trinajstić information content (AvgIpc) is 1.69. The summed E-state index contributed by atoms with van der Waals surface area (Å²) in [5, 5.41) is 7.92. The van der Waals surface area contributed by atoms with Crippen molar-refractivity contribution in [1.29, 1.82) is 5.26 Å². The Morgan fingerprint density at radius 3 is 2.75 bits per heavy atom. The van der Waals surface area contributed by atoms with Gasteiger partial charge < -0.3 is 4.52 Å². The van der Waals surface area contributed by atoms with Crippen LogP contribution in [0.15, 0.2) is 0 Å². The van der Waals surface area contributed by atoms with E-state index in [0.29, 0.717) is 13.0 Å². The van der Waals surface area contributed by atoms with Gasteiger partial charge in [-0.05, 0) is 0 Å². The van der Waals surface area contributed by atoms with Crippen molar-refractivity contribution in [3.63, 3.8) is 0 Å². The van der Waals surface area contributed by atoms with Gasteiger partial charge in [-0.25, -0.2) is 0 Å². The van der Waals surface area contributed by atoms with E-state index in [0.717, 1.165) is 0 Å². The Kier molecular flexibility index (Phi) is 15.2. The maximum absolute atomic E-state index is 7.92. The predicted octanol–water partition coefficient (Wildman–Crippen LogP) is 1.66. The van der Waals surface area contributed by atoms with Crippen molar-refractivity contribution in [2.75, 3.05) is 6.61 Å². The van der Waals surface area contributed by atoms with Crippen molar-refractivity contribution in [2.45, 2.75) is 6.42 Å². The maximum atomic E-state index is 7.92. The zero-order chi connectivity index (χ0) is 5.54. The molecule has 0 N–H and O–H groups in total. The van der Waals surface area contributed by atoms with Gasteiger partial charge in [0.15, 0.2) is 0 Å². The van der Waals surface area contributed by atoms with Gasteiger partial charge in [0.05, 0.1) is 19.1 Å². The summed E-state index contributed by atoms with van der Waals surface area (Å²) in [7, 11) is -0.0113. The summed E-state index contributed by atoms with van der Waals surface area (Å²) < 4.78 is 4.64. The molecule has 0 heterocycles. The maximum Gasteiger partial charge on any atom is 0.110 e. The molecule has 50 valence electrons. The van der Waals surface area contributed by atoms with Crippen LogP contribution < -0.4 is 0 Å². The van der Waals surface area contributed by atoms with E-state index >= 15 is 0 Å². The van der Waals surface area contributed by atoms with Crippen LogP contribution in [0, 0.1) is 11.3 Å². The third-order valence-corrected chi connectivity index (χ3v) is 1.01. The van der Waals surface area contributed by atoms with Gasteiger partial charge in [0.2, 0.25) is 0 Å². The number of nitrogens with zero attached hydrogens (tertiary/aromatic N) is 1. The topological polar surface area (TPSA) is 33.0 Å². The summed E-state index contributed by atoms with van der Waals surface area (Å²) in [6.45, 7) is 0.457. The van der Waals surface area contributed by atoms with Crippen LogP contribution in [-0.2, 0) is 21.0 Å². The molecule has 2 nitrogen and oxygen atoms in total. The van der Waals surface area contributed by atoms with Crippen molar-refractivity contribution < 1.29 is 21.0 Å². The van der Waals surface area contributed by atoms with E-state index in [1.807, 2.05) is 6.07 Å². The van der Waals surface area contributed by atoms with E-state index in [9.17, 15) is 0 Å². The Labute approximate surface area is 65.1 Å². The summed E-state index contributed by atoms with van der Waals surface area (Å²) in [6.07, 6.45) is 0.430. The first kappa shape index (κ1) is 11.5. The summed E-state index contributed by atoms with van der Waals surface area (Å²) in [5.74, 6) is 0. The second kappa shape index (κ2) is 10.6. The minimum atomic E-state index is -0.0113. The molecule has 0 radical (unpaired) electrons. The molecule has 0 bridgehead atoms. The Morgan fingerprint density at radius 1 is 1.75 bits per heavy atom. The summed E-state index contributed by atoms with van der Waals surface area (Å²) in [5.41, 5.74) is 0. The smallest absolute Gasteiger partial charge is 0.110 e. The first-order valence-corrected chi connectivity index (χ1v) is 3.68. The van der Waals surface area contributed by atoms with E-state index in [-0.39, 0.29) is 24.7 Å². The molecule has 0 aliphatic heterocycles. The summed E-state index contributed by atoms with van der Waals surface area (Å²) in [6, 6.07) is 1.92. The van der Waals surface area contributed by atoms with Gasteiger partial charge >= 0.3 is 0 Å². The van der Waals surface area contributed by atoms with E-state index in [1.165, 1.54) is 0 Å². The van der Waals surface area contributed by atoms with Crippen LogP contribution in [0.3, 0.4) is 0 Å². The Bertz CT molecular complexity index is 76.2. The van der Waals surface area contributed by atoms with Crippen LogP contribution >= 0.6 is 19.4 Å². The molecule has 1 unspecified atom stereocenters. The van der Waals surface area contributed by atoms with E-state index < -0.39 is 0 Å². The molecule has 0 aromatic carbocycles. The molecule has 0 rings (SSSR count). The average molecular weight is 196 g/mol. The fourth-order valence-electron chi connectivity index (χ4n) is 0.135. The molecule has 0 spiro atoms. The molecule has 0 amide bonds. The predicted molar refractivity (Wildman–Crippen MR) is 30.3 cm³/mol. The van der Waals surface area contributed by atoms with Crippen molar-refractivity contribution in [3.8, 4) is 6.07 Å². The van der Waals surface area contributed by atoms with Gasteiger partial charge in [-0.15, -0.1) is 0 Å². The number of halogens is 1. The van der Waals surface area contributed by atoms with E-state index in [1.54, 1.807) is 0 Å². The molecule has 8 heavy (non-hydrogen) atoms. The molecule has 1 atom stereocenters. The number of hydrogen-bond donors (Lipinski definition) is 0. The molecule has 0 aromatic rings. The summed E-state index contributed by atoms with van der Waals surface area (Å²) in [4.78, 5) is 0. The van der Waals surface area contributed by atoms with Crippen molar-refractivity contribution >= 4 is 19.4 Å². The molecule has 0 aromatic heterocycles.